The molecule has 2 rings (SSSR count). The van der Waals surface area contributed by atoms with E-state index in [0.717, 1.165) is 38.8 Å². The van der Waals surface area contributed by atoms with Gasteiger partial charge in [-0.25, -0.2) is 4.79 Å². The van der Waals surface area contributed by atoms with Crippen molar-refractivity contribution in [2.75, 3.05) is 13.1 Å². The number of carbonyl (C=O) groups excluding carboxylic acids is 1. The SMILES string of the molecule is CCC(NC1CCCCN(C(=O)OC(C)(C)C)C1)c1ccccc1. The number of hydrogen-bond acceptors (Lipinski definition) is 3. The Kier molecular flexibility index (Phi) is 6.67. The first-order valence-corrected chi connectivity index (χ1v) is 9.18. The van der Waals surface area contributed by atoms with E-state index in [-0.39, 0.29) is 6.09 Å². The zero-order chi connectivity index (χ0) is 17.6. The predicted molar refractivity (Wildman–Crippen MR) is 98.1 cm³/mol. The van der Waals surface area contributed by atoms with Crippen molar-refractivity contribution in [2.24, 2.45) is 0 Å². The molecule has 1 fully saturated rings. The molecule has 1 N–H and O–H groups in total. The third kappa shape index (κ3) is 5.82. The molecule has 4 nitrogen and oxygen atoms in total. The fraction of sp³-hybridized carbons (Fsp3) is 0.650. The summed E-state index contributed by atoms with van der Waals surface area (Å²) in [5, 5.41) is 3.76. The fourth-order valence-corrected chi connectivity index (χ4v) is 3.19. The van der Waals surface area contributed by atoms with Crippen molar-refractivity contribution < 1.29 is 9.53 Å². The van der Waals surface area contributed by atoms with E-state index in [1.807, 2.05) is 31.7 Å². The zero-order valence-electron chi connectivity index (χ0n) is 15.5. The van der Waals surface area contributed by atoms with Crippen molar-refractivity contribution in [1.82, 2.24) is 10.2 Å². The first kappa shape index (κ1) is 18.8. The molecule has 1 aromatic rings. The minimum atomic E-state index is -0.442. The van der Waals surface area contributed by atoms with Crippen LogP contribution in [0.2, 0.25) is 0 Å². The number of benzene rings is 1. The van der Waals surface area contributed by atoms with Crippen molar-refractivity contribution in [3.05, 3.63) is 35.9 Å². The highest BCUT2D eigenvalue weighted by Gasteiger charge is 2.27. The Bertz CT molecular complexity index is 510. The van der Waals surface area contributed by atoms with E-state index >= 15 is 0 Å². The lowest BCUT2D eigenvalue weighted by Crippen LogP contribution is -2.45. The third-order valence-corrected chi connectivity index (χ3v) is 4.37. The molecule has 1 aromatic carbocycles. The van der Waals surface area contributed by atoms with Crippen molar-refractivity contribution in [3.63, 3.8) is 0 Å². The lowest BCUT2D eigenvalue weighted by atomic mass is 10.0. The van der Waals surface area contributed by atoms with E-state index < -0.39 is 5.60 Å². The smallest absolute Gasteiger partial charge is 0.410 e. The average Bonchev–Trinajstić information content (AvgIpc) is 2.77. The van der Waals surface area contributed by atoms with Crippen LogP contribution < -0.4 is 5.32 Å². The molecule has 0 saturated carbocycles. The maximum absolute atomic E-state index is 12.4. The molecule has 134 valence electrons. The van der Waals surface area contributed by atoms with Crippen LogP contribution in [0, 0.1) is 0 Å². The summed E-state index contributed by atoms with van der Waals surface area (Å²) in [5.74, 6) is 0. The third-order valence-electron chi connectivity index (χ3n) is 4.37. The number of amides is 1. The lowest BCUT2D eigenvalue weighted by Gasteiger charge is -2.30. The Morgan fingerprint density at radius 2 is 2.00 bits per heavy atom. The van der Waals surface area contributed by atoms with Crippen LogP contribution >= 0.6 is 0 Å². The second-order valence-electron chi connectivity index (χ2n) is 7.66. The van der Waals surface area contributed by atoms with Crippen molar-refractivity contribution >= 4 is 6.09 Å². The summed E-state index contributed by atoms with van der Waals surface area (Å²) >= 11 is 0. The van der Waals surface area contributed by atoms with Crippen molar-refractivity contribution in [3.8, 4) is 0 Å². The molecule has 0 aliphatic carbocycles. The highest BCUT2D eigenvalue weighted by atomic mass is 16.6. The van der Waals surface area contributed by atoms with Gasteiger partial charge in [-0.05, 0) is 45.6 Å². The van der Waals surface area contributed by atoms with Gasteiger partial charge in [-0.2, -0.15) is 0 Å². The fourth-order valence-electron chi connectivity index (χ4n) is 3.19. The van der Waals surface area contributed by atoms with Crippen LogP contribution in [0.25, 0.3) is 0 Å². The monoisotopic (exact) mass is 332 g/mol. The van der Waals surface area contributed by atoms with E-state index in [4.69, 9.17) is 4.74 Å². The number of ether oxygens (including phenoxy) is 1. The predicted octanol–water partition coefficient (Wildman–Crippen LogP) is 4.52. The molecule has 0 aromatic heterocycles. The topological polar surface area (TPSA) is 41.6 Å². The number of nitrogens with one attached hydrogen (secondary N) is 1. The van der Waals surface area contributed by atoms with Gasteiger partial charge < -0.3 is 15.0 Å². The summed E-state index contributed by atoms with van der Waals surface area (Å²) in [4.78, 5) is 14.3. The normalized spacial score (nSPS) is 20.3. The lowest BCUT2D eigenvalue weighted by molar-refractivity contribution is 0.0241. The summed E-state index contributed by atoms with van der Waals surface area (Å²) in [6.07, 6.45) is 4.13. The molecule has 1 amide bonds. The maximum Gasteiger partial charge on any atom is 0.410 e. The first-order valence-electron chi connectivity index (χ1n) is 9.18. The number of hydrogen-bond donors (Lipinski definition) is 1. The van der Waals surface area contributed by atoms with Gasteiger partial charge in [0, 0.05) is 25.2 Å². The van der Waals surface area contributed by atoms with Gasteiger partial charge in [-0.1, -0.05) is 43.7 Å². The van der Waals surface area contributed by atoms with E-state index in [1.54, 1.807) is 0 Å². The quantitative estimate of drug-likeness (QED) is 0.881. The molecule has 0 spiro atoms. The molecule has 2 atom stereocenters. The Balaban J connectivity index is 2.00. The largest absolute Gasteiger partial charge is 0.444 e. The number of nitrogens with zero attached hydrogens (tertiary/aromatic N) is 1. The Morgan fingerprint density at radius 3 is 2.62 bits per heavy atom. The molecule has 1 aliphatic heterocycles. The van der Waals surface area contributed by atoms with Gasteiger partial charge in [0.1, 0.15) is 5.60 Å². The molecule has 24 heavy (non-hydrogen) atoms. The number of likely N-dealkylation sites (tertiary alicyclic amines) is 1. The van der Waals surface area contributed by atoms with Crippen molar-refractivity contribution in [2.45, 2.75) is 71.1 Å². The van der Waals surface area contributed by atoms with Gasteiger partial charge in [0.15, 0.2) is 0 Å². The molecule has 0 radical (unpaired) electrons. The second-order valence-corrected chi connectivity index (χ2v) is 7.66. The van der Waals surface area contributed by atoms with Crippen LogP contribution in [0.3, 0.4) is 0 Å². The second kappa shape index (κ2) is 8.52. The number of rotatable bonds is 4. The molecular formula is C20H32N2O2. The van der Waals surface area contributed by atoms with Crippen LogP contribution in [0.4, 0.5) is 4.79 Å². The summed E-state index contributed by atoms with van der Waals surface area (Å²) in [6.45, 7) is 9.46. The molecule has 1 aliphatic rings. The van der Waals surface area contributed by atoms with Gasteiger partial charge in [-0.15, -0.1) is 0 Å². The Morgan fingerprint density at radius 1 is 1.29 bits per heavy atom. The van der Waals surface area contributed by atoms with Crippen LogP contribution in [0.5, 0.6) is 0 Å². The van der Waals surface area contributed by atoms with Gasteiger partial charge in [0.2, 0.25) is 0 Å². The Hall–Kier alpha value is -1.55. The number of carbonyl (C=O) groups is 1. The molecular weight excluding hydrogens is 300 g/mol. The highest BCUT2D eigenvalue weighted by Crippen LogP contribution is 2.21. The van der Waals surface area contributed by atoms with E-state index in [0.29, 0.717) is 12.1 Å². The first-order chi connectivity index (χ1) is 11.4. The standard InChI is InChI=1S/C20H32N2O2/c1-5-18(16-11-7-6-8-12-16)21-17-13-9-10-14-22(15-17)19(23)24-20(2,3)4/h6-8,11-12,17-18,21H,5,9-10,13-15H2,1-4H3. The molecule has 2 unspecified atom stereocenters. The minimum absolute atomic E-state index is 0.191. The zero-order valence-corrected chi connectivity index (χ0v) is 15.5. The summed E-state index contributed by atoms with van der Waals surface area (Å²) in [6, 6.07) is 11.2. The summed E-state index contributed by atoms with van der Waals surface area (Å²) in [7, 11) is 0. The van der Waals surface area contributed by atoms with Gasteiger partial charge in [-0.3, -0.25) is 0 Å². The summed E-state index contributed by atoms with van der Waals surface area (Å²) < 4.78 is 5.56. The minimum Gasteiger partial charge on any atom is -0.444 e. The van der Waals surface area contributed by atoms with E-state index in [1.165, 1.54) is 5.56 Å². The van der Waals surface area contributed by atoms with Gasteiger partial charge in [0.05, 0.1) is 0 Å². The molecule has 1 heterocycles. The molecule has 0 bridgehead atoms. The van der Waals surface area contributed by atoms with Crippen LogP contribution in [-0.4, -0.2) is 35.7 Å². The Labute approximate surface area is 146 Å². The van der Waals surface area contributed by atoms with E-state index in [9.17, 15) is 4.79 Å². The van der Waals surface area contributed by atoms with Gasteiger partial charge in [0.25, 0.3) is 0 Å². The van der Waals surface area contributed by atoms with Crippen molar-refractivity contribution in [1.29, 1.82) is 0 Å². The van der Waals surface area contributed by atoms with Crippen LogP contribution in [0.1, 0.15) is 65.0 Å². The van der Waals surface area contributed by atoms with Crippen LogP contribution in [0.15, 0.2) is 30.3 Å². The molecule has 1 saturated heterocycles. The summed E-state index contributed by atoms with van der Waals surface area (Å²) in [5.41, 5.74) is 0.871. The van der Waals surface area contributed by atoms with Gasteiger partial charge >= 0.3 is 6.09 Å². The van der Waals surface area contributed by atoms with E-state index in [2.05, 4.69) is 36.5 Å². The average molecular weight is 332 g/mol. The maximum atomic E-state index is 12.4. The van der Waals surface area contributed by atoms with Crippen LogP contribution in [-0.2, 0) is 4.74 Å². The molecule has 4 heteroatoms. The highest BCUT2D eigenvalue weighted by molar-refractivity contribution is 5.68.